The van der Waals surface area contributed by atoms with Gasteiger partial charge in [-0.3, -0.25) is 0 Å². The molecule has 0 saturated carbocycles. The van der Waals surface area contributed by atoms with Crippen LogP contribution in [0.5, 0.6) is 0 Å². The van der Waals surface area contributed by atoms with Crippen molar-refractivity contribution in [1.82, 2.24) is 4.98 Å². The van der Waals surface area contributed by atoms with E-state index in [1.807, 2.05) is 0 Å². The van der Waals surface area contributed by atoms with Gasteiger partial charge in [0.25, 0.3) is 0 Å². The average Bonchev–Trinajstić information content (AvgIpc) is 2.32. The summed E-state index contributed by atoms with van der Waals surface area (Å²) >= 11 is 12.0. The first-order valence-electron chi connectivity index (χ1n) is 5.56. The van der Waals surface area contributed by atoms with E-state index in [-0.39, 0.29) is 5.54 Å². The van der Waals surface area contributed by atoms with Crippen LogP contribution in [0.25, 0.3) is 0 Å². The molecule has 1 rings (SSSR count). The fourth-order valence-corrected chi connectivity index (χ4v) is 1.83. The van der Waals surface area contributed by atoms with Crippen molar-refractivity contribution >= 4 is 34.8 Å². The molecule has 0 radical (unpaired) electrons. The molecule has 0 unspecified atom stereocenters. The van der Waals surface area contributed by atoms with Crippen molar-refractivity contribution in [2.45, 2.75) is 39.2 Å². The van der Waals surface area contributed by atoms with Gasteiger partial charge < -0.3 is 10.7 Å². The molecule has 0 bridgehead atoms. The Labute approximate surface area is 112 Å². The number of hydrogen-bond acceptors (Lipinski definition) is 4. The molecule has 0 aliphatic heterocycles. The molecule has 0 fully saturated rings. The van der Waals surface area contributed by atoms with Crippen LogP contribution in [0.4, 0.5) is 11.6 Å². The number of hydrogen-bond donors (Lipinski definition) is 3. The summed E-state index contributed by atoms with van der Waals surface area (Å²) in [5.74, 6) is 6.33. The van der Waals surface area contributed by atoms with E-state index in [0.717, 1.165) is 12.8 Å². The molecule has 0 amide bonds. The topological polar surface area (TPSA) is 63.0 Å². The largest absolute Gasteiger partial charge is 0.364 e. The average molecular weight is 277 g/mol. The Hall–Kier alpha value is -0.710. The quantitative estimate of drug-likeness (QED) is 0.567. The molecule has 0 aromatic carbocycles. The van der Waals surface area contributed by atoms with Crippen LogP contribution in [0.15, 0.2) is 6.07 Å². The maximum atomic E-state index is 6.10. The Bertz CT molecular complexity index is 391. The molecule has 4 nitrogen and oxygen atoms in total. The van der Waals surface area contributed by atoms with Crippen LogP contribution < -0.4 is 16.6 Å². The lowest BCUT2D eigenvalue weighted by Gasteiger charge is -2.29. The molecule has 0 spiro atoms. The third-order valence-electron chi connectivity index (χ3n) is 3.05. The van der Waals surface area contributed by atoms with Crippen molar-refractivity contribution in [3.05, 3.63) is 16.1 Å². The highest BCUT2D eigenvalue weighted by Gasteiger charge is 2.21. The van der Waals surface area contributed by atoms with E-state index >= 15 is 0 Å². The first-order chi connectivity index (χ1) is 7.95. The van der Waals surface area contributed by atoms with Gasteiger partial charge in [0.15, 0.2) is 5.82 Å². The second-order valence-corrected chi connectivity index (χ2v) is 5.00. The van der Waals surface area contributed by atoms with Gasteiger partial charge in [-0.25, -0.2) is 10.8 Å². The zero-order valence-corrected chi connectivity index (χ0v) is 11.8. The van der Waals surface area contributed by atoms with Crippen LogP contribution in [0.3, 0.4) is 0 Å². The van der Waals surface area contributed by atoms with Crippen LogP contribution in [-0.2, 0) is 0 Å². The van der Waals surface area contributed by atoms with Gasteiger partial charge in [-0.05, 0) is 25.8 Å². The highest BCUT2D eigenvalue weighted by atomic mass is 35.5. The summed E-state index contributed by atoms with van der Waals surface area (Å²) in [6.45, 7) is 6.35. The summed E-state index contributed by atoms with van der Waals surface area (Å²) in [6.07, 6.45) is 1.94. The van der Waals surface area contributed by atoms with Crippen LogP contribution in [-0.4, -0.2) is 10.5 Å². The van der Waals surface area contributed by atoms with Crippen molar-refractivity contribution in [2.75, 3.05) is 10.7 Å². The van der Waals surface area contributed by atoms with E-state index in [1.165, 1.54) is 0 Å². The first-order valence-corrected chi connectivity index (χ1v) is 6.32. The molecule has 0 aliphatic carbocycles. The number of halogens is 2. The molecule has 6 heteroatoms. The Balaban J connectivity index is 3.06. The molecule has 96 valence electrons. The van der Waals surface area contributed by atoms with Crippen molar-refractivity contribution < 1.29 is 0 Å². The summed E-state index contributed by atoms with van der Waals surface area (Å²) < 4.78 is 0. The summed E-state index contributed by atoms with van der Waals surface area (Å²) in [5, 5.41) is 4.22. The molecule has 17 heavy (non-hydrogen) atoms. The van der Waals surface area contributed by atoms with Crippen LogP contribution in [0.2, 0.25) is 10.0 Å². The Morgan fingerprint density at radius 3 is 2.24 bits per heavy atom. The van der Waals surface area contributed by atoms with E-state index in [0.29, 0.717) is 21.7 Å². The predicted molar refractivity (Wildman–Crippen MR) is 74.7 cm³/mol. The Morgan fingerprint density at radius 1 is 1.24 bits per heavy atom. The Morgan fingerprint density at radius 2 is 1.76 bits per heavy atom. The van der Waals surface area contributed by atoms with Crippen LogP contribution in [0, 0.1) is 0 Å². The second-order valence-electron chi connectivity index (χ2n) is 4.19. The van der Waals surface area contributed by atoms with Crippen molar-refractivity contribution in [3.8, 4) is 0 Å². The third-order valence-corrected chi connectivity index (χ3v) is 3.62. The Kier molecular flexibility index (Phi) is 4.86. The zero-order chi connectivity index (χ0) is 13.1. The van der Waals surface area contributed by atoms with Gasteiger partial charge in [0.05, 0.1) is 10.0 Å². The number of nitrogens with zero attached hydrogens (tertiary/aromatic N) is 1. The molecular formula is C11H18Cl2N4. The molecule has 1 aromatic heterocycles. The summed E-state index contributed by atoms with van der Waals surface area (Å²) in [4.78, 5) is 4.26. The fourth-order valence-electron chi connectivity index (χ4n) is 1.37. The number of nitrogen functional groups attached to an aromatic ring is 1. The maximum absolute atomic E-state index is 6.10. The number of pyridine rings is 1. The standard InChI is InChI=1S/C11H18Cl2N4/c1-4-11(3,5-2)16-9-7(12)6-8(13)10(15-9)17-14/h6H,4-5,14H2,1-3H3,(H2,15,16,17). The van der Waals surface area contributed by atoms with Gasteiger partial charge in [0, 0.05) is 5.54 Å². The molecule has 1 heterocycles. The van der Waals surface area contributed by atoms with Crippen LogP contribution in [0.1, 0.15) is 33.6 Å². The van der Waals surface area contributed by atoms with Crippen molar-refractivity contribution in [2.24, 2.45) is 5.84 Å². The number of hydrazine groups is 1. The van der Waals surface area contributed by atoms with Crippen LogP contribution >= 0.6 is 23.2 Å². The molecule has 0 saturated heterocycles. The van der Waals surface area contributed by atoms with Gasteiger partial charge in [-0.1, -0.05) is 37.0 Å². The van der Waals surface area contributed by atoms with Crippen molar-refractivity contribution in [3.63, 3.8) is 0 Å². The smallest absolute Gasteiger partial charge is 0.161 e. The number of nitrogens with one attached hydrogen (secondary N) is 2. The number of anilines is 2. The number of rotatable bonds is 5. The van der Waals surface area contributed by atoms with Gasteiger partial charge in [-0.15, -0.1) is 0 Å². The summed E-state index contributed by atoms with van der Waals surface area (Å²) in [6, 6.07) is 1.62. The predicted octanol–water partition coefficient (Wildman–Crippen LogP) is 3.66. The highest BCUT2D eigenvalue weighted by molar-refractivity contribution is 6.37. The number of nitrogens with two attached hydrogens (primary N) is 1. The van der Waals surface area contributed by atoms with Gasteiger partial charge >= 0.3 is 0 Å². The summed E-state index contributed by atoms with van der Waals surface area (Å²) in [5.41, 5.74) is 2.40. The van der Waals surface area contributed by atoms with Gasteiger partial charge in [0.1, 0.15) is 5.82 Å². The lowest BCUT2D eigenvalue weighted by molar-refractivity contribution is 0.477. The minimum Gasteiger partial charge on any atom is -0.364 e. The first kappa shape index (κ1) is 14.4. The molecule has 1 aromatic rings. The second kappa shape index (κ2) is 5.76. The van der Waals surface area contributed by atoms with E-state index in [2.05, 4.69) is 36.5 Å². The SMILES string of the molecule is CCC(C)(CC)Nc1nc(NN)c(Cl)cc1Cl. The number of aromatic nitrogens is 1. The van der Waals surface area contributed by atoms with Crippen molar-refractivity contribution in [1.29, 1.82) is 0 Å². The lowest BCUT2D eigenvalue weighted by Crippen LogP contribution is -2.33. The molecule has 0 atom stereocenters. The third kappa shape index (κ3) is 3.37. The van der Waals surface area contributed by atoms with E-state index in [4.69, 9.17) is 29.0 Å². The zero-order valence-electron chi connectivity index (χ0n) is 10.3. The normalized spacial score (nSPS) is 11.4. The highest BCUT2D eigenvalue weighted by Crippen LogP contribution is 2.31. The summed E-state index contributed by atoms with van der Waals surface area (Å²) in [7, 11) is 0. The van der Waals surface area contributed by atoms with E-state index < -0.39 is 0 Å². The van der Waals surface area contributed by atoms with Gasteiger partial charge in [-0.2, -0.15) is 0 Å². The monoisotopic (exact) mass is 276 g/mol. The molecular weight excluding hydrogens is 259 g/mol. The van der Waals surface area contributed by atoms with E-state index in [9.17, 15) is 0 Å². The fraction of sp³-hybridized carbons (Fsp3) is 0.545. The minimum absolute atomic E-state index is 0.0453. The maximum Gasteiger partial charge on any atom is 0.161 e. The lowest BCUT2D eigenvalue weighted by atomic mass is 9.96. The molecule has 0 aliphatic rings. The van der Waals surface area contributed by atoms with E-state index in [1.54, 1.807) is 6.07 Å². The minimum atomic E-state index is -0.0453. The molecule has 4 N–H and O–H groups in total. The van der Waals surface area contributed by atoms with Gasteiger partial charge in [0.2, 0.25) is 0 Å².